The van der Waals surface area contributed by atoms with Gasteiger partial charge in [0.05, 0.1) is 17.2 Å². The predicted octanol–water partition coefficient (Wildman–Crippen LogP) is 4.10. The number of benzene rings is 2. The van der Waals surface area contributed by atoms with Crippen molar-refractivity contribution in [3.05, 3.63) is 76.6 Å². The van der Waals surface area contributed by atoms with Crippen molar-refractivity contribution < 1.29 is 15.0 Å². The number of hydrogen-bond acceptors (Lipinski definition) is 3. The van der Waals surface area contributed by atoms with Crippen LogP contribution in [0.2, 0.25) is 0 Å². The number of carboxylic acids is 1. The molecule has 0 radical (unpaired) electrons. The minimum absolute atomic E-state index is 0.194. The average Bonchev–Trinajstić information content (AvgIpc) is 2.88. The quantitative estimate of drug-likeness (QED) is 0.745. The van der Waals surface area contributed by atoms with E-state index in [4.69, 9.17) is 5.26 Å². The van der Waals surface area contributed by atoms with Crippen molar-refractivity contribution in [2.45, 2.75) is 20.4 Å². The van der Waals surface area contributed by atoms with E-state index in [2.05, 4.69) is 6.07 Å². The number of aromatic nitrogens is 1. The summed E-state index contributed by atoms with van der Waals surface area (Å²) in [6.45, 7) is 4.20. The first-order valence-electron chi connectivity index (χ1n) is 8.13. The summed E-state index contributed by atoms with van der Waals surface area (Å²) in [4.78, 5) is 11.9. The number of nitrogens with zero attached hydrogens (tertiary/aromatic N) is 2. The number of hydrogen-bond donors (Lipinski definition) is 2. The van der Waals surface area contributed by atoms with Crippen LogP contribution in [0.4, 0.5) is 0 Å². The minimum atomic E-state index is -0.977. The van der Waals surface area contributed by atoms with E-state index in [-0.39, 0.29) is 11.3 Å². The molecule has 0 saturated heterocycles. The molecule has 0 spiro atoms. The second-order valence-corrected chi connectivity index (χ2v) is 6.17. The van der Waals surface area contributed by atoms with Gasteiger partial charge in [0.15, 0.2) is 0 Å². The fourth-order valence-corrected chi connectivity index (χ4v) is 3.23. The van der Waals surface area contributed by atoms with E-state index >= 15 is 0 Å². The van der Waals surface area contributed by atoms with Crippen LogP contribution in [0.15, 0.2) is 48.5 Å². The molecule has 0 saturated carbocycles. The summed E-state index contributed by atoms with van der Waals surface area (Å²) in [7, 11) is 0. The van der Waals surface area contributed by atoms with Crippen LogP contribution < -0.4 is 0 Å². The number of rotatable bonds is 4. The Morgan fingerprint density at radius 2 is 1.65 bits per heavy atom. The number of aromatic carboxylic acids is 1. The molecule has 0 aliphatic rings. The zero-order valence-electron chi connectivity index (χ0n) is 14.5. The number of carbonyl (C=O) groups is 1. The SMILES string of the molecule is Cc1c(C(=O)O)c(-c2ccc(C#N)cc2)c(C)n1Cc1ccc(O)cc1. The molecular weight excluding hydrogens is 328 g/mol. The number of aromatic hydroxyl groups is 1. The lowest BCUT2D eigenvalue weighted by molar-refractivity contribution is 0.0697. The lowest BCUT2D eigenvalue weighted by Gasteiger charge is -2.10. The Bertz CT molecular complexity index is 1010. The van der Waals surface area contributed by atoms with Crippen LogP contribution in [-0.4, -0.2) is 20.7 Å². The summed E-state index contributed by atoms with van der Waals surface area (Å²) >= 11 is 0. The van der Waals surface area contributed by atoms with Gasteiger partial charge in [-0.25, -0.2) is 4.79 Å². The smallest absolute Gasteiger partial charge is 0.338 e. The van der Waals surface area contributed by atoms with E-state index in [1.807, 2.05) is 23.6 Å². The van der Waals surface area contributed by atoms with E-state index in [0.717, 1.165) is 16.8 Å². The van der Waals surface area contributed by atoms with Crippen molar-refractivity contribution >= 4 is 5.97 Å². The minimum Gasteiger partial charge on any atom is -0.508 e. The number of carboxylic acid groups (broad SMARTS) is 1. The average molecular weight is 346 g/mol. The second kappa shape index (κ2) is 6.77. The van der Waals surface area contributed by atoms with Crippen molar-refractivity contribution in [2.24, 2.45) is 0 Å². The summed E-state index contributed by atoms with van der Waals surface area (Å²) in [5, 5.41) is 28.1. The van der Waals surface area contributed by atoms with E-state index < -0.39 is 5.97 Å². The van der Waals surface area contributed by atoms with Crippen LogP contribution >= 0.6 is 0 Å². The van der Waals surface area contributed by atoms with Gasteiger partial charge in [0.25, 0.3) is 0 Å². The van der Waals surface area contributed by atoms with Crippen LogP contribution in [0.1, 0.15) is 32.9 Å². The van der Waals surface area contributed by atoms with Crippen LogP contribution in [0.25, 0.3) is 11.1 Å². The zero-order chi connectivity index (χ0) is 18.8. The van der Waals surface area contributed by atoms with Gasteiger partial charge in [-0.1, -0.05) is 24.3 Å². The molecule has 5 heteroatoms. The summed E-state index contributed by atoms with van der Waals surface area (Å²) in [5.41, 5.74) is 4.71. The second-order valence-electron chi connectivity index (χ2n) is 6.17. The topological polar surface area (TPSA) is 86.2 Å². The third-order valence-electron chi connectivity index (χ3n) is 4.58. The van der Waals surface area contributed by atoms with Gasteiger partial charge < -0.3 is 14.8 Å². The summed E-state index contributed by atoms with van der Waals surface area (Å²) < 4.78 is 1.96. The molecule has 0 aliphatic carbocycles. The first kappa shape index (κ1) is 17.3. The van der Waals surface area contributed by atoms with E-state index in [1.54, 1.807) is 43.3 Å². The molecule has 3 rings (SSSR count). The first-order chi connectivity index (χ1) is 12.4. The van der Waals surface area contributed by atoms with Crippen molar-refractivity contribution in [3.63, 3.8) is 0 Å². The molecule has 1 heterocycles. The highest BCUT2D eigenvalue weighted by Gasteiger charge is 2.23. The normalized spacial score (nSPS) is 10.5. The van der Waals surface area contributed by atoms with Crippen LogP contribution in [0, 0.1) is 25.2 Å². The van der Waals surface area contributed by atoms with Gasteiger partial charge in [0, 0.05) is 23.5 Å². The molecule has 3 aromatic rings. The number of phenols is 1. The Morgan fingerprint density at radius 1 is 1.04 bits per heavy atom. The Kier molecular flexibility index (Phi) is 4.51. The molecule has 0 atom stereocenters. The lowest BCUT2D eigenvalue weighted by Crippen LogP contribution is -2.05. The van der Waals surface area contributed by atoms with Crippen molar-refractivity contribution in [1.82, 2.24) is 4.57 Å². The van der Waals surface area contributed by atoms with Crippen LogP contribution in [-0.2, 0) is 6.54 Å². The van der Waals surface area contributed by atoms with Gasteiger partial charge in [-0.05, 0) is 49.2 Å². The monoisotopic (exact) mass is 346 g/mol. The fourth-order valence-electron chi connectivity index (χ4n) is 3.23. The fraction of sp³-hybridized carbons (Fsp3) is 0.143. The van der Waals surface area contributed by atoms with Crippen molar-refractivity contribution in [2.75, 3.05) is 0 Å². The van der Waals surface area contributed by atoms with Gasteiger partial charge in [-0.2, -0.15) is 5.26 Å². The Morgan fingerprint density at radius 3 is 2.19 bits per heavy atom. The van der Waals surface area contributed by atoms with Gasteiger partial charge in [-0.3, -0.25) is 0 Å². The lowest BCUT2D eigenvalue weighted by atomic mass is 9.99. The highest BCUT2D eigenvalue weighted by atomic mass is 16.4. The van der Waals surface area contributed by atoms with Crippen LogP contribution in [0.3, 0.4) is 0 Å². The Labute approximate surface area is 151 Å². The molecule has 0 bridgehead atoms. The molecule has 1 aromatic heterocycles. The molecule has 130 valence electrons. The van der Waals surface area contributed by atoms with Crippen molar-refractivity contribution in [1.29, 1.82) is 5.26 Å². The highest BCUT2D eigenvalue weighted by molar-refractivity contribution is 5.98. The van der Waals surface area contributed by atoms with E-state index in [1.165, 1.54) is 0 Å². The molecule has 0 amide bonds. The molecule has 26 heavy (non-hydrogen) atoms. The molecular formula is C21H18N2O3. The summed E-state index contributed by atoms with van der Waals surface area (Å²) in [6, 6.07) is 15.9. The largest absolute Gasteiger partial charge is 0.508 e. The Balaban J connectivity index is 2.13. The number of nitriles is 1. The maximum atomic E-state index is 11.9. The number of phenolic OH excluding ortho intramolecular Hbond substituents is 1. The maximum Gasteiger partial charge on any atom is 0.338 e. The third-order valence-corrected chi connectivity index (χ3v) is 4.58. The van der Waals surface area contributed by atoms with E-state index in [0.29, 0.717) is 23.4 Å². The Hall–Kier alpha value is -3.52. The highest BCUT2D eigenvalue weighted by Crippen LogP contribution is 2.33. The zero-order valence-corrected chi connectivity index (χ0v) is 14.5. The van der Waals surface area contributed by atoms with Crippen molar-refractivity contribution in [3.8, 4) is 22.9 Å². The first-order valence-corrected chi connectivity index (χ1v) is 8.13. The van der Waals surface area contributed by atoms with Gasteiger partial charge >= 0.3 is 5.97 Å². The summed E-state index contributed by atoms with van der Waals surface area (Å²) in [6.07, 6.45) is 0. The van der Waals surface area contributed by atoms with Gasteiger partial charge in [-0.15, -0.1) is 0 Å². The molecule has 0 aliphatic heterocycles. The van der Waals surface area contributed by atoms with Gasteiger partial charge in [0.1, 0.15) is 5.75 Å². The molecule has 2 aromatic carbocycles. The molecule has 0 fully saturated rings. The van der Waals surface area contributed by atoms with Crippen LogP contribution in [0.5, 0.6) is 5.75 Å². The third kappa shape index (κ3) is 3.05. The molecule has 2 N–H and O–H groups in total. The summed E-state index contributed by atoms with van der Waals surface area (Å²) in [5.74, 6) is -0.784. The molecule has 5 nitrogen and oxygen atoms in total. The van der Waals surface area contributed by atoms with Gasteiger partial charge in [0.2, 0.25) is 0 Å². The maximum absolute atomic E-state index is 11.9. The molecule has 0 unspecified atom stereocenters. The van der Waals surface area contributed by atoms with E-state index in [9.17, 15) is 15.0 Å². The standard InChI is InChI=1S/C21H18N2O3/c1-13-19(17-7-3-15(11-22)4-8-17)20(21(25)26)14(2)23(13)12-16-5-9-18(24)10-6-16/h3-10,24H,12H2,1-2H3,(H,25,26). The predicted molar refractivity (Wildman–Crippen MR) is 98.2 cm³/mol.